The van der Waals surface area contributed by atoms with Crippen molar-refractivity contribution in [2.45, 2.75) is 10.1 Å². The highest BCUT2D eigenvalue weighted by atomic mass is 32.2. The Hall–Kier alpha value is -3.80. The van der Waals surface area contributed by atoms with Gasteiger partial charge in [-0.1, -0.05) is 12.1 Å². The summed E-state index contributed by atoms with van der Waals surface area (Å²) in [4.78, 5) is 39.1. The quantitative estimate of drug-likeness (QED) is 0.438. The second-order valence-corrected chi connectivity index (χ2v) is 6.25. The van der Waals surface area contributed by atoms with E-state index in [1.54, 1.807) is 0 Å². The monoisotopic (exact) mass is 402 g/mol. The number of hydrazine groups is 1. The molecule has 1 heterocycles. The molecule has 0 bridgehead atoms. The maximum atomic E-state index is 13.6. The smallest absolute Gasteiger partial charge is 0.267 e. The number of H-pyrrole nitrogens is 1. The van der Waals surface area contributed by atoms with Crippen LogP contribution >= 0.6 is 11.8 Å². The summed E-state index contributed by atoms with van der Waals surface area (Å²) in [7, 11) is 0. The molecule has 0 spiro atoms. The maximum Gasteiger partial charge on any atom is 0.272 e. The first-order chi connectivity index (χ1) is 13.5. The molecule has 0 unspecified atom stereocenters. The van der Waals surface area contributed by atoms with Crippen LogP contribution in [0.5, 0.6) is 0 Å². The third-order valence-electron chi connectivity index (χ3n) is 3.43. The molecule has 2 amide bonds. The predicted molar refractivity (Wildman–Crippen MR) is 94.9 cm³/mol. The molecular formula is C16H11FN6O4S. The Morgan fingerprint density at radius 1 is 1.11 bits per heavy atom. The molecule has 0 radical (unpaired) electrons. The average molecular weight is 402 g/mol. The van der Waals surface area contributed by atoms with Crippen LogP contribution in [0.15, 0.2) is 58.8 Å². The summed E-state index contributed by atoms with van der Waals surface area (Å²) < 4.78 is 13.6. The summed E-state index contributed by atoms with van der Waals surface area (Å²) in [5, 5.41) is 17.7. The summed E-state index contributed by atoms with van der Waals surface area (Å²) in [6.45, 7) is 0. The van der Waals surface area contributed by atoms with Crippen LogP contribution in [-0.4, -0.2) is 31.9 Å². The summed E-state index contributed by atoms with van der Waals surface area (Å²) in [5.41, 5.74) is 3.55. The van der Waals surface area contributed by atoms with E-state index in [2.05, 4.69) is 26.0 Å². The zero-order valence-electron chi connectivity index (χ0n) is 13.9. The summed E-state index contributed by atoms with van der Waals surface area (Å²) in [6.07, 6.45) is 1.27. The molecule has 0 aliphatic heterocycles. The number of carbonyl (C=O) groups excluding carboxylic acids is 2. The summed E-state index contributed by atoms with van der Waals surface area (Å²) in [5.74, 6) is -2.46. The van der Waals surface area contributed by atoms with Gasteiger partial charge < -0.3 is 0 Å². The van der Waals surface area contributed by atoms with Crippen LogP contribution < -0.4 is 10.9 Å². The number of nitrogens with one attached hydrogen (secondary N) is 3. The molecule has 0 fully saturated rings. The lowest BCUT2D eigenvalue weighted by molar-refractivity contribution is -0.384. The first-order valence-electron chi connectivity index (χ1n) is 7.62. The van der Waals surface area contributed by atoms with Crippen molar-refractivity contribution < 1.29 is 18.9 Å². The molecule has 10 nitrogen and oxygen atoms in total. The van der Waals surface area contributed by atoms with Crippen molar-refractivity contribution in [3.63, 3.8) is 0 Å². The molecule has 12 heteroatoms. The first-order valence-corrected chi connectivity index (χ1v) is 8.44. The highest BCUT2D eigenvalue weighted by molar-refractivity contribution is 7.99. The normalized spacial score (nSPS) is 10.3. The molecule has 0 aliphatic rings. The van der Waals surface area contributed by atoms with Crippen LogP contribution in [0.25, 0.3) is 0 Å². The molecule has 0 saturated carbocycles. The molecule has 2 aromatic carbocycles. The van der Waals surface area contributed by atoms with Gasteiger partial charge in [0.1, 0.15) is 12.1 Å². The summed E-state index contributed by atoms with van der Waals surface area (Å²) in [6, 6.07) is 8.89. The Bertz CT molecular complexity index is 1040. The van der Waals surface area contributed by atoms with E-state index in [1.807, 2.05) is 0 Å². The number of aromatic amines is 1. The molecule has 0 atom stereocenters. The summed E-state index contributed by atoms with van der Waals surface area (Å²) >= 11 is 1.02. The number of aromatic nitrogens is 3. The van der Waals surface area contributed by atoms with E-state index in [9.17, 15) is 24.1 Å². The van der Waals surface area contributed by atoms with Crippen molar-refractivity contribution in [2.75, 3.05) is 0 Å². The van der Waals surface area contributed by atoms with Gasteiger partial charge in [0, 0.05) is 17.0 Å². The lowest BCUT2D eigenvalue weighted by Gasteiger charge is -2.10. The minimum absolute atomic E-state index is 0.0792. The topological polar surface area (TPSA) is 143 Å². The van der Waals surface area contributed by atoms with Gasteiger partial charge in [0.05, 0.1) is 16.1 Å². The number of hydrogen-bond acceptors (Lipinski definition) is 7. The third kappa shape index (κ3) is 4.29. The van der Waals surface area contributed by atoms with Crippen LogP contribution in [0.4, 0.5) is 10.1 Å². The van der Waals surface area contributed by atoms with Gasteiger partial charge >= 0.3 is 0 Å². The SMILES string of the molecule is O=C(NNC(=O)c1cc([N+](=O)[O-])ccc1Sc1ncn[nH]1)c1ccccc1F. The third-order valence-corrected chi connectivity index (χ3v) is 4.39. The van der Waals surface area contributed by atoms with Crippen LogP contribution in [-0.2, 0) is 0 Å². The van der Waals surface area contributed by atoms with E-state index in [1.165, 1.54) is 36.7 Å². The first kappa shape index (κ1) is 19.0. The van der Waals surface area contributed by atoms with Crippen molar-refractivity contribution >= 4 is 29.3 Å². The van der Waals surface area contributed by atoms with Crippen molar-refractivity contribution in [2.24, 2.45) is 0 Å². The van der Waals surface area contributed by atoms with Gasteiger partial charge in [-0.15, -0.1) is 0 Å². The van der Waals surface area contributed by atoms with E-state index >= 15 is 0 Å². The molecule has 3 N–H and O–H groups in total. The number of carbonyl (C=O) groups is 2. The van der Waals surface area contributed by atoms with E-state index < -0.39 is 22.6 Å². The maximum absolute atomic E-state index is 13.6. The minimum atomic E-state index is -0.874. The molecule has 1 aromatic heterocycles. The number of hydrogen-bond donors (Lipinski definition) is 3. The fourth-order valence-corrected chi connectivity index (χ4v) is 2.94. The van der Waals surface area contributed by atoms with Gasteiger partial charge in [-0.2, -0.15) is 5.10 Å². The average Bonchev–Trinajstić information content (AvgIpc) is 3.19. The van der Waals surface area contributed by atoms with Crippen molar-refractivity contribution in [3.8, 4) is 0 Å². The number of nitro groups is 1. The lowest BCUT2D eigenvalue weighted by Crippen LogP contribution is -2.42. The number of halogens is 1. The number of nitro benzene ring substituents is 1. The van der Waals surface area contributed by atoms with Crippen molar-refractivity contribution in [3.05, 3.63) is 75.9 Å². The van der Waals surface area contributed by atoms with Gasteiger partial charge in [-0.25, -0.2) is 9.37 Å². The Kier molecular flexibility index (Phi) is 5.60. The van der Waals surface area contributed by atoms with Crippen LogP contribution in [0.3, 0.4) is 0 Å². The van der Waals surface area contributed by atoms with Crippen LogP contribution in [0.1, 0.15) is 20.7 Å². The highest BCUT2D eigenvalue weighted by Crippen LogP contribution is 2.30. The van der Waals surface area contributed by atoms with Gasteiger partial charge in [0.2, 0.25) is 0 Å². The van der Waals surface area contributed by atoms with Crippen molar-refractivity contribution in [1.29, 1.82) is 0 Å². The largest absolute Gasteiger partial charge is 0.272 e. The minimum Gasteiger partial charge on any atom is -0.267 e. The van der Waals surface area contributed by atoms with Gasteiger partial charge in [-0.05, 0) is 30.0 Å². The van der Waals surface area contributed by atoms with E-state index in [0.717, 1.165) is 23.9 Å². The fraction of sp³-hybridized carbons (Fsp3) is 0. The van der Waals surface area contributed by atoms with Crippen LogP contribution in [0.2, 0.25) is 0 Å². The van der Waals surface area contributed by atoms with E-state index in [4.69, 9.17) is 0 Å². The molecule has 28 heavy (non-hydrogen) atoms. The zero-order chi connectivity index (χ0) is 20.1. The molecule has 0 saturated heterocycles. The fourth-order valence-electron chi connectivity index (χ4n) is 2.14. The Morgan fingerprint density at radius 3 is 2.46 bits per heavy atom. The van der Waals surface area contributed by atoms with Gasteiger partial charge in [0.15, 0.2) is 5.16 Å². The van der Waals surface area contributed by atoms with Gasteiger partial charge in [-0.3, -0.25) is 35.7 Å². The van der Waals surface area contributed by atoms with Crippen molar-refractivity contribution in [1.82, 2.24) is 26.0 Å². The Balaban J connectivity index is 1.80. The molecule has 3 aromatic rings. The number of non-ortho nitro benzene ring substituents is 1. The predicted octanol–water partition coefficient (Wildman–Crippen LogP) is 2.08. The molecule has 0 aliphatic carbocycles. The number of rotatable bonds is 5. The number of benzene rings is 2. The lowest BCUT2D eigenvalue weighted by atomic mass is 10.2. The molecule has 3 rings (SSSR count). The number of nitrogens with zero attached hydrogens (tertiary/aromatic N) is 3. The van der Waals surface area contributed by atoms with Gasteiger partial charge in [0.25, 0.3) is 17.5 Å². The number of amides is 2. The second-order valence-electron chi connectivity index (χ2n) is 5.22. The second kappa shape index (κ2) is 8.26. The van der Waals surface area contributed by atoms with E-state index in [0.29, 0.717) is 10.1 Å². The Morgan fingerprint density at radius 2 is 1.82 bits per heavy atom. The molecule has 142 valence electrons. The standard InChI is InChI=1S/C16H11FN6O4S/c17-12-4-2-1-3-10(12)14(24)20-21-15(25)11-7-9(23(26)27)5-6-13(11)28-16-18-8-19-22-16/h1-8H,(H,20,24)(H,21,25)(H,18,19,22). The Labute approximate surface area is 160 Å². The van der Waals surface area contributed by atoms with E-state index in [-0.39, 0.29) is 16.8 Å². The highest BCUT2D eigenvalue weighted by Gasteiger charge is 2.19. The van der Waals surface area contributed by atoms with Crippen LogP contribution in [0, 0.1) is 15.9 Å². The molecular weight excluding hydrogens is 391 g/mol. The zero-order valence-corrected chi connectivity index (χ0v) is 14.7.